The van der Waals surface area contributed by atoms with E-state index >= 15 is 0 Å². The molecule has 154 valence electrons. The Kier molecular flexibility index (Phi) is 6.26. The maximum Gasteiger partial charge on any atom is 0.128 e. The monoisotopic (exact) mass is 399 g/mol. The molecule has 0 saturated carbocycles. The molecule has 2 aromatic carbocycles. The molecule has 1 nitrogen and oxygen atoms in total. The standard InChI is InChI=1S/C28H30FN/c1-8-9-10-23(18(2)3)27-24-16-21(7)12-14-26(24)30(28(27)19(4)5)17-22-15-20(6)11-13-25(22)29/h8-16H,1,4,17H2,2-3,5-7H3/b10-9-. The van der Waals surface area contributed by atoms with Gasteiger partial charge in [0.2, 0.25) is 0 Å². The van der Waals surface area contributed by atoms with Gasteiger partial charge in [-0.25, -0.2) is 4.39 Å². The topological polar surface area (TPSA) is 4.93 Å². The molecule has 1 aromatic heterocycles. The molecule has 0 amide bonds. The Morgan fingerprint density at radius 3 is 2.33 bits per heavy atom. The van der Waals surface area contributed by atoms with Gasteiger partial charge in [-0.3, -0.25) is 0 Å². The molecule has 0 spiro atoms. The molecule has 3 rings (SSSR count). The third kappa shape index (κ3) is 4.09. The Labute approximate surface area is 179 Å². The van der Waals surface area contributed by atoms with E-state index in [1.807, 2.05) is 32.1 Å². The quantitative estimate of drug-likeness (QED) is 0.370. The first kappa shape index (κ1) is 21.6. The van der Waals surface area contributed by atoms with Crippen molar-refractivity contribution in [3.63, 3.8) is 0 Å². The minimum Gasteiger partial charge on any atom is -0.336 e. The predicted octanol–water partition coefficient (Wildman–Crippen LogP) is 8.01. The van der Waals surface area contributed by atoms with Crippen LogP contribution in [0.25, 0.3) is 22.0 Å². The smallest absolute Gasteiger partial charge is 0.128 e. The van der Waals surface area contributed by atoms with Crippen LogP contribution in [-0.4, -0.2) is 4.57 Å². The second kappa shape index (κ2) is 8.71. The van der Waals surface area contributed by atoms with Crippen LogP contribution in [0.2, 0.25) is 0 Å². The summed E-state index contributed by atoms with van der Waals surface area (Å²) in [5.41, 5.74) is 9.50. The lowest BCUT2D eigenvalue weighted by Gasteiger charge is -2.15. The summed E-state index contributed by atoms with van der Waals surface area (Å²) < 4.78 is 16.8. The van der Waals surface area contributed by atoms with Gasteiger partial charge in [-0.2, -0.15) is 0 Å². The van der Waals surface area contributed by atoms with Crippen molar-refractivity contribution < 1.29 is 4.39 Å². The maximum atomic E-state index is 14.6. The van der Waals surface area contributed by atoms with Crippen molar-refractivity contribution in [1.29, 1.82) is 0 Å². The van der Waals surface area contributed by atoms with E-state index in [1.54, 1.807) is 12.1 Å². The molecule has 0 saturated heterocycles. The number of allylic oxidation sites excluding steroid dienone is 6. The van der Waals surface area contributed by atoms with Crippen LogP contribution in [0.3, 0.4) is 0 Å². The average molecular weight is 400 g/mol. The first-order chi connectivity index (χ1) is 14.2. The zero-order chi connectivity index (χ0) is 22.0. The van der Waals surface area contributed by atoms with Crippen LogP contribution in [0, 0.1) is 19.7 Å². The molecule has 0 bridgehead atoms. The summed E-state index contributed by atoms with van der Waals surface area (Å²) in [4.78, 5) is 0. The Morgan fingerprint density at radius 2 is 1.70 bits per heavy atom. The van der Waals surface area contributed by atoms with E-state index in [4.69, 9.17) is 0 Å². The van der Waals surface area contributed by atoms with Crippen molar-refractivity contribution in [2.24, 2.45) is 0 Å². The predicted molar refractivity (Wildman–Crippen MR) is 129 cm³/mol. The van der Waals surface area contributed by atoms with E-state index in [2.05, 4.69) is 62.8 Å². The molecule has 0 atom stereocenters. The van der Waals surface area contributed by atoms with Crippen LogP contribution in [0.5, 0.6) is 0 Å². The van der Waals surface area contributed by atoms with Crippen LogP contribution in [-0.2, 0) is 6.54 Å². The van der Waals surface area contributed by atoms with Gasteiger partial charge < -0.3 is 4.57 Å². The number of aromatic nitrogens is 1. The Morgan fingerprint density at radius 1 is 1.03 bits per heavy atom. The number of rotatable bonds is 6. The molecule has 2 heteroatoms. The van der Waals surface area contributed by atoms with Gasteiger partial charge in [0.15, 0.2) is 0 Å². The third-order valence-electron chi connectivity index (χ3n) is 5.36. The van der Waals surface area contributed by atoms with Crippen LogP contribution in [0.1, 0.15) is 48.7 Å². The molecule has 30 heavy (non-hydrogen) atoms. The largest absolute Gasteiger partial charge is 0.336 e. The highest BCUT2D eigenvalue weighted by Gasteiger charge is 2.21. The lowest BCUT2D eigenvalue weighted by atomic mass is 9.95. The fourth-order valence-electron chi connectivity index (χ4n) is 4.01. The van der Waals surface area contributed by atoms with Gasteiger partial charge in [0.05, 0.1) is 12.2 Å². The van der Waals surface area contributed by atoms with Crippen LogP contribution in [0.4, 0.5) is 4.39 Å². The maximum absolute atomic E-state index is 14.6. The number of fused-ring (bicyclic) bond motifs is 1. The van der Waals surface area contributed by atoms with Gasteiger partial charge in [-0.1, -0.05) is 66.3 Å². The summed E-state index contributed by atoms with van der Waals surface area (Å²) in [6.45, 7) is 18.9. The average Bonchev–Trinajstić information content (AvgIpc) is 2.98. The van der Waals surface area contributed by atoms with E-state index in [0.29, 0.717) is 12.1 Å². The van der Waals surface area contributed by atoms with E-state index in [-0.39, 0.29) is 5.82 Å². The highest BCUT2D eigenvalue weighted by molar-refractivity contribution is 6.01. The zero-order valence-electron chi connectivity index (χ0n) is 18.6. The van der Waals surface area contributed by atoms with Gasteiger partial charge in [0.1, 0.15) is 5.82 Å². The molecule has 0 fully saturated rings. The molecule has 0 radical (unpaired) electrons. The molecule has 1 heterocycles. The number of halogens is 1. The fourth-order valence-corrected chi connectivity index (χ4v) is 4.01. The molecular weight excluding hydrogens is 369 g/mol. The second-order valence-electron chi connectivity index (χ2n) is 8.21. The fraction of sp³-hybridized carbons (Fsp3) is 0.214. The van der Waals surface area contributed by atoms with E-state index in [9.17, 15) is 4.39 Å². The SMILES string of the molecule is C=C/C=C\C(=C(C)C)c1c(C(=C)C)n(Cc2cc(C)ccc2F)c2ccc(C)cc12. The minimum atomic E-state index is -0.183. The lowest BCUT2D eigenvalue weighted by molar-refractivity contribution is 0.601. The van der Waals surface area contributed by atoms with Crippen molar-refractivity contribution in [1.82, 2.24) is 4.57 Å². The third-order valence-corrected chi connectivity index (χ3v) is 5.36. The molecule has 0 aliphatic carbocycles. The van der Waals surface area contributed by atoms with Gasteiger partial charge >= 0.3 is 0 Å². The highest BCUT2D eigenvalue weighted by Crippen LogP contribution is 2.38. The highest BCUT2D eigenvalue weighted by atomic mass is 19.1. The molecule has 3 aromatic rings. The molecule has 0 unspecified atom stereocenters. The lowest BCUT2D eigenvalue weighted by Crippen LogP contribution is -2.06. The van der Waals surface area contributed by atoms with Crippen LogP contribution < -0.4 is 0 Å². The van der Waals surface area contributed by atoms with Gasteiger partial charge in [-0.15, -0.1) is 0 Å². The van der Waals surface area contributed by atoms with Crippen molar-refractivity contribution >= 4 is 22.0 Å². The number of nitrogens with zero attached hydrogens (tertiary/aromatic N) is 1. The summed E-state index contributed by atoms with van der Waals surface area (Å²) in [5.74, 6) is -0.183. The number of aryl methyl sites for hydroxylation is 2. The van der Waals surface area contributed by atoms with Crippen molar-refractivity contribution in [2.75, 3.05) is 0 Å². The normalized spacial score (nSPS) is 11.3. The summed E-state index contributed by atoms with van der Waals surface area (Å²) in [7, 11) is 0. The van der Waals surface area contributed by atoms with Gasteiger partial charge in [0.25, 0.3) is 0 Å². The summed E-state index contributed by atoms with van der Waals surface area (Å²) in [6, 6.07) is 11.7. The molecule has 0 N–H and O–H groups in total. The first-order valence-electron chi connectivity index (χ1n) is 10.2. The van der Waals surface area contributed by atoms with Crippen molar-refractivity contribution in [3.05, 3.63) is 107 Å². The van der Waals surface area contributed by atoms with E-state index in [1.165, 1.54) is 11.1 Å². The zero-order valence-corrected chi connectivity index (χ0v) is 18.6. The van der Waals surface area contributed by atoms with E-state index < -0.39 is 0 Å². The molecular formula is C28H30FN. The van der Waals surface area contributed by atoms with Gasteiger partial charge in [0, 0.05) is 22.0 Å². The number of benzene rings is 2. The Balaban J connectivity index is 2.41. The molecule has 0 aliphatic heterocycles. The van der Waals surface area contributed by atoms with E-state index in [0.717, 1.165) is 38.9 Å². The van der Waals surface area contributed by atoms with Gasteiger partial charge in [-0.05, 0) is 64.0 Å². The number of hydrogen-bond acceptors (Lipinski definition) is 0. The summed E-state index contributed by atoms with van der Waals surface area (Å²) in [6.07, 6.45) is 5.85. The summed E-state index contributed by atoms with van der Waals surface area (Å²) in [5, 5.41) is 1.16. The van der Waals surface area contributed by atoms with Crippen molar-refractivity contribution in [2.45, 2.75) is 41.2 Å². The Bertz CT molecular complexity index is 1200. The second-order valence-corrected chi connectivity index (χ2v) is 8.21. The van der Waals surface area contributed by atoms with Crippen LogP contribution >= 0.6 is 0 Å². The first-order valence-corrected chi connectivity index (χ1v) is 10.2. The Hall–Kier alpha value is -3.13. The number of hydrogen-bond donors (Lipinski definition) is 0. The minimum absolute atomic E-state index is 0.183. The van der Waals surface area contributed by atoms with Crippen molar-refractivity contribution in [3.8, 4) is 0 Å². The molecule has 0 aliphatic rings. The summed E-state index contributed by atoms with van der Waals surface area (Å²) >= 11 is 0. The van der Waals surface area contributed by atoms with Crippen LogP contribution in [0.15, 0.2) is 73.4 Å².